The quantitative estimate of drug-likeness (QED) is 0.702. The molecule has 2 heteroatoms. The highest BCUT2D eigenvalue weighted by Crippen LogP contribution is 2.63. The molecular formula is C20H30NP. The van der Waals surface area contributed by atoms with E-state index in [4.69, 9.17) is 5.73 Å². The Hall–Kier alpha value is -0.390. The molecule has 6 unspecified atom stereocenters. The lowest BCUT2D eigenvalue weighted by Crippen LogP contribution is -2.61. The van der Waals surface area contributed by atoms with Gasteiger partial charge in [-0.05, 0) is 91.6 Å². The van der Waals surface area contributed by atoms with Crippen LogP contribution in [0, 0.1) is 25.2 Å². The first-order chi connectivity index (χ1) is 10.4. The highest BCUT2D eigenvalue weighted by atomic mass is 31.0. The predicted octanol–water partition coefficient (Wildman–Crippen LogP) is 4.48. The SMILES string of the molecule is Cc1cc2c(cc1C)C1CCC3(C)C(P)CCC3C1(N)CC2. The minimum absolute atomic E-state index is 0.0347. The molecule has 1 nitrogen and oxygen atoms in total. The topological polar surface area (TPSA) is 26.0 Å². The van der Waals surface area contributed by atoms with E-state index in [1.54, 1.807) is 11.1 Å². The van der Waals surface area contributed by atoms with E-state index < -0.39 is 0 Å². The molecule has 0 saturated heterocycles. The molecule has 0 heterocycles. The third-order valence-corrected chi connectivity index (χ3v) is 8.73. The molecule has 2 fully saturated rings. The standard InChI is InChI=1S/C20H30NP/c1-12-10-14-6-9-20(21)16(15(14)11-13(12)2)7-8-19(3)17(20)4-5-18(19)22/h10-11,16-18H,4-9,21-22H2,1-3H3. The summed E-state index contributed by atoms with van der Waals surface area (Å²) in [4.78, 5) is 0. The third kappa shape index (κ3) is 1.85. The fourth-order valence-corrected chi connectivity index (χ4v) is 6.65. The van der Waals surface area contributed by atoms with Gasteiger partial charge in [0, 0.05) is 11.5 Å². The summed E-state index contributed by atoms with van der Waals surface area (Å²) >= 11 is 0. The van der Waals surface area contributed by atoms with E-state index in [-0.39, 0.29) is 5.54 Å². The Bertz CT molecular complexity index is 624. The lowest BCUT2D eigenvalue weighted by atomic mass is 9.52. The molecule has 120 valence electrons. The van der Waals surface area contributed by atoms with Gasteiger partial charge < -0.3 is 5.73 Å². The molecular weight excluding hydrogens is 285 g/mol. The number of hydrogen-bond donors (Lipinski definition) is 1. The minimum atomic E-state index is 0.0347. The molecule has 0 radical (unpaired) electrons. The van der Waals surface area contributed by atoms with Crippen LogP contribution in [-0.4, -0.2) is 11.2 Å². The van der Waals surface area contributed by atoms with Gasteiger partial charge in [0.05, 0.1) is 0 Å². The van der Waals surface area contributed by atoms with E-state index in [0.29, 0.717) is 17.3 Å². The third-order valence-electron chi connectivity index (χ3n) is 7.64. The number of rotatable bonds is 0. The maximum Gasteiger partial charge on any atom is 0.0261 e. The fraction of sp³-hybridized carbons (Fsp3) is 0.700. The molecule has 4 rings (SSSR count). The van der Waals surface area contributed by atoms with Crippen molar-refractivity contribution in [1.29, 1.82) is 0 Å². The molecule has 3 aliphatic carbocycles. The van der Waals surface area contributed by atoms with Crippen LogP contribution in [0.4, 0.5) is 0 Å². The Balaban J connectivity index is 1.80. The molecule has 0 aliphatic heterocycles. The number of nitrogens with two attached hydrogens (primary N) is 1. The average molecular weight is 315 g/mol. The van der Waals surface area contributed by atoms with Crippen molar-refractivity contribution < 1.29 is 0 Å². The molecule has 0 amide bonds. The van der Waals surface area contributed by atoms with Gasteiger partial charge in [-0.2, -0.15) is 0 Å². The molecule has 1 aromatic rings. The monoisotopic (exact) mass is 315 g/mol. The van der Waals surface area contributed by atoms with E-state index in [0.717, 1.165) is 5.66 Å². The maximum atomic E-state index is 7.19. The van der Waals surface area contributed by atoms with Gasteiger partial charge in [-0.3, -0.25) is 0 Å². The van der Waals surface area contributed by atoms with Crippen LogP contribution in [0.5, 0.6) is 0 Å². The van der Waals surface area contributed by atoms with E-state index in [9.17, 15) is 0 Å². The summed E-state index contributed by atoms with van der Waals surface area (Å²) < 4.78 is 0. The molecule has 1 aromatic carbocycles. The minimum Gasteiger partial charge on any atom is -0.324 e. The number of benzene rings is 1. The maximum absolute atomic E-state index is 7.19. The van der Waals surface area contributed by atoms with Crippen molar-refractivity contribution >= 4 is 9.24 Å². The zero-order valence-electron chi connectivity index (χ0n) is 14.3. The van der Waals surface area contributed by atoms with Gasteiger partial charge in [-0.15, -0.1) is 9.24 Å². The first-order valence-corrected chi connectivity index (χ1v) is 9.67. The van der Waals surface area contributed by atoms with E-state index in [1.807, 2.05) is 0 Å². The van der Waals surface area contributed by atoms with Gasteiger partial charge in [0.1, 0.15) is 0 Å². The number of hydrogen-bond acceptors (Lipinski definition) is 1. The van der Waals surface area contributed by atoms with E-state index >= 15 is 0 Å². The van der Waals surface area contributed by atoms with Crippen molar-refractivity contribution in [3.8, 4) is 0 Å². The molecule has 3 aliphatic rings. The van der Waals surface area contributed by atoms with Crippen molar-refractivity contribution in [3.63, 3.8) is 0 Å². The number of aryl methyl sites for hydroxylation is 3. The first-order valence-electron chi connectivity index (χ1n) is 9.01. The smallest absolute Gasteiger partial charge is 0.0261 e. The van der Waals surface area contributed by atoms with Gasteiger partial charge in [0.25, 0.3) is 0 Å². The van der Waals surface area contributed by atoms with Crippen LogP contribution in [0.3, 0.4) is 0 Å². The molecule has 0 bridgehead atoms. The van der Waals surface area contributed by atoms with Crippen LogP contribution in [0.15, 0.2) is 12.1 Å². The van der Waals surface area contributed by atoms with Gasteiger partial charge >= 0.3 is 0 Å². The lowest BCUT2D eigenvalue weighted by molar-refractivity contribution is 0.0366. The van der Waals surface area contributed by atoms with Crippen molar-refractivity contribution in [1.82, 2.24) is 0 Å². The second-order valence-corrected chi connectivity index (χ2v) is 9.39. The summed E-state index contributed by atoms with van der Waals surface area (Å²) in [6, 6.07) is 4.90. The first kappa shape index (κ1) is 15.2. The van der Waals surface area contributed by atoms with Gasteiger partial charge in [-0.25, -0.2) is 0 Å². The Kier molecular flexibility index (Phi) is 3.31. The molecule has 2 saturated carbocycles. The van der Waals surface area contributed by atoms with Crippen LogP contribution in [0.25, 0.3) is 0 Å². The summed E-state index contributed by atoms with van der Waals surface area (Å²) in [7, 11) is 3.14. The Morgan fingerprint density at radius 2 is 1.82 bits per heavy atom. The van der Waals surface area contributed by atoms with E-state index in [1.165, 1.54) is 49.7 Å². The Morgan fingerprint density at radius 1 is 1.09 bits per heavy atom. The van der Waals surface area contributed by atoms with Crippen molar-refractivity contribution in [2.45, 2.75) is 76.4 Å². The van der Waals surface area contributed by atoms with Crippen LogP contribution in [0.2, 0.25) is 0 Å². The fourth-order valence-electron chi connectivity index (χ4n) is 6.06. The van der Waals surface area contributed by atoms with Crippen molar-refractivity contribution in [2.75, 3.05) is 0 Å². The van der Waals surface area contributed by atoms with Crippen LogP contribution < -0.4 is 5.73 Å². The summed E-state index contributed by atoms with van der Waals surface area (Å²) in [5.41, 5.74) is 14.5. The zero-order valence-corrected chi connectivity index (χ0v) is 15.4. The van der Waals surface area contributed by atoms with Gasteiger partial charge in [0.2, 0.25) is 0 Å². The largest absolute Gasteiger partial charge is 0.324 e. The Morgan fingerprint density at radius 3 is 2.59 bits per heavy atom. The molecule has 22 heavy (non-hydrogen) atoms. The average Bonchev–Trinajstić information content (AvgIpc) is 2.77. The highest BCUT2D eigenvalue weighted by molar-refractivity contribution is 7.17. The lowest BCUT2D eigenvalue weighted by Gasteiger charge is -2.57. The van der Waals surface area contributed by atoms with Crippen LogP contribution in [0.1, 0.15) is 67.2 Å². The summed E-state index contributed by atoms with van der Waals surface area (Å²) in [5.74, 6) is 1.29. The van der Waals surface area contributed by atoms with Crippen molar-refractivity contribution in [3.05, 3.63) is 34.4 Å². The molecule has 6 atom stereocenters. The zero-order chi connectivity index (χ0) is 15.7. The van der Waals surface area contributed by atoms with Crippen LogP contribution in [-0.2, 0) is 6.42 Å². The highest BCUT2D eigenvalue weighted by Gasteiger charge is 2.59. The van der Waals surface area contributed by atoms with Crippen molar-refractivity contribution in [2.24, 2.45) is 17.1 Å². The van der Waals surface area contributed by atoms with E-state index in [2.05, 4.69) is 42.1 Å². The summed E-state index contributed by atoms with van der Waals surface area (Å²) in [6.45, 7) is 7.01. The normalized spacial score (nSPS) is 43.4. The van der Waals surface area contributed by atoms with Crippen LogP contribution >= 0.6 is 9.24 Å². The Labute approximate surface area is 137 Å². The second-order valence-electron chi connectivity index (χ2n) is 8.58. The molecule has 0 aromatic heterocycles. The summed E-state index contributed by atoms with van der Waals surface area (Å²) in [6.07, 6.45) is 7.67. The van der Waals surface area contributed by atoms with Gasteiger partial charge in [-0.1, -0.05) is 19.1 Å². The number of fused-ring (bicyclic) bond motifs is 5. The molecule has 2 N–H and O–H groups in total. The van der Waals surface area contributed by atoms with Gasteiger partial charge in [0.15, 0.2) is 0 Å². The predicted molar refractivity (Wildman–Crippen MR) is 97.5 cm³/mol. The second kappa shape index (κ2) is 4.81. The summed E-state index contributed by atoms with van der Waals surface area (Å²) in [5, 5.41) is 0. The molecule has 0 spiro atoms.